The van der Waals surface area contributed by atoms with Gasteiger partial charge in [0.2, 0.25) is 0 Å². The summed E-state index contributed by atoms with van der Waals surface area (Å²) in [5, 5.41) is 3.41. The summed E-state index contributed by atoms with van der Waals surface area (Å²) in [5.74, 6) is -0.0980. The Balaban J connectivity index is 2.26. The molecule has 0 heterocycles. The highest BCUT2D eigenvalue weighted by Crippen LogP contribution is 2.23. The van der Waals surface area contributed by atoms with Gasteiger partial charge in [-0.15, -0.1) is 0 Å². The van der Waals surface area contributed by atoms with Gasteiger partial charge in [0.1, 0.15) is 0 Å². The molecule has 0 aliphatic carbocycles. The normalized spacial score (nSPS) is 10.8. The molecule has 0 saturated carbocycles. The van der Waals surface area contributed by atoms with Crippen LogP contribution in [0, 0.1) is 0 Å². The Hall–Kier alpha value is -0.580. The number of rotatable bonds is 7. The first-order valence-electron chi connectivity index (χ1n) is 6.35. The first kappa shape index (κ1) is 16.5. The van der Waals surface area contributed by atoms with Crippen LogP contribution in [0.3, 0.4) is 0 Å². The lowest BCUT2D eigenvalue weighted by molar-refractivity contribution is 0.0754. The number of hydrogen-bond acceptors (Lipinski definition) is 2. The van der Waals surface area contributed by atoms with E-state index in [-0.39, 0.29) is 12.0 Å². The predicted molar refractivity (Wildman–Crippen MR) is 81.8 cm³/mol. The lowest BCUT2D eigenvalue weighted by atomic mass is 10.2. The van der Waals surface area contributed by atoms with Crippen LogP contribution < -0.4 is 5.32 Å². The second kappa shape index (κ2) is 8.56. The van der Waals surface area contributed by atoms with E-state index in [1.165, 1.54) is 0 Å². The number of carbonyl (C=O) groups excluding carboxylic acids is 1. The molecule has 0 unspecified atom stereocenters. The molecule has 106 valence electrons. The van der Waals surface area contributed by atoms with Crippen LogP contribution in [0.25, 0.3) is 0 Å². The molecule has 5 heteroatoms. The monoisotopic (exact) mass is 347 g/mol. The number of carbonyl (C=O) groups is 1. The van der Waals surface area contributed by atoms with Crippen molar-refractivity contribution in [1.29, 1.82) is 0 Å². The van der Waals surface area contributed by atoms with Crippen LogP contribution in [0.1, 0.15) is 37.0 Å². The zero-order valence-electron chi connectivity index (χ0n) is 11.2. The van der Waals surface area contributed by atoms with Crippen molar-refractivity contribution in [3.8, 4) is 0 Å². The number of ether oxygens (including phenoxy) is 1. The van der Waals surface area contributed by atoms with E-state index in [2.05, 4.69) is 21.2 Å². The van der Waals surface area contributed by atoms with Crippen molar-refractivity contribution >= 4 is 33.4 Å². The zero-order chi connectivity index (χ0) is 14.3. The highest BCUT2D eigenvalue weighted by Gasteiger charge is 2.07. The molecule has 1 N–H and O–H groups in total. The molecule has 0 aromatic heterocycles. The summed E-state index contributed by atoms with van der Waals surface area (Å²) in [5.41, 5.74) is 0.576. The third-order valence-electron chi connectivity index (χ3n) is 2.49. The van der Waals surface area contributed by atoms with Gasteiger partial charge in [0, 0.05) is 23.2 Å². The van der Waals surface area contributed by atoms with E-state index in [4.69, 9.17) is 16.3 Å². The number of halogens is 2. The average Bonchev–Trinajstić information content (AvgIpc) is 2.36. The molecule has 0 saturated heterocycles. The average molecular weight is 349 g/mol. The van der Waals surface area contributed by atoms with E-state index in [1.54, 1.807) is 18.2 Å². The maximum Gasteiger partial charge on any atom is 0.251 e. The Bertz CT molecular complexity index is 424. The maximum absolute atomic E-state index is 11.8. The predicted octanol–water partition coefficient (Wildman–Crippen LogP) is 4.04. The fourth-order valence-corrected chi connectivity index (χ4v) is 1.91. The van der Waals surface area contributed by atoms with E-state index in [9.17, 15) is 4.79 Å². The molecule has 19 heavy (non-hydrogen) atoms. The van der Waals surface area contributed by atoms with Crippen LogP contribution in [-0.4, -0.2) is 25.2 Å². The summed E-state index contributed by atoms with van der Waals surface area (Å²) in [6.07, 6.45) is 2.11. The van der Waals surface area contributed by atoms with Crippen LogP contribution in [0.15, 0.2) is 22.7 Å². The van der Waals surface area contributed by atoms with E-state index >= 15 is 0 Å². The fraction of sp³-hybridized carbons (Fsp3) is 0.500. The summed E-state index contributed by atoms with van der Waals surface area (Å²) >= 11 is 9.24. The van der Waals surface area contributed by atoms with Crippen LogP contribution in [0.4, 0.5) is 0 Å². The summed E-state index contributed by atoms with van der Waals surface area (Å²) in [7, 11) is 0. The molecule has 0 radical (unpaired) electrons. The number of hydrogen-bond donors (Lipinski definition) is 1. The standard InChI is InChI=1S/C14H19BrClNO2/c1-10(2)19-8-4-3-7-17-14(18)11-5-6-12(15)13(16)9-11/h5-6,9-10H,3-4,7-8H2,1-2H3,(H,17,18). The van der Waals surface area contributed by atoms with Crippen molar-refractivity contribution in [2.24, 2.45) is 0 Å². The third kappa shape index (κ3) is 6.41. The summed E-state index contributed by atoms with van der Waals surface area (Å²) in [6, 6.07) is 5.17. The van der Waals surface area contributed by atoms with E-state index in [1.807, 2.05) is 13.8 Å². The molecule has 0 bridgehead atoms. The largest absolute Gasteiger partial charge is 0.379 e. The van der Waals surface area contributed by atoms with Crippen molar-refractivity contribution in [2.45, 2.75) is 32.8 Å². The first-order chi connectivity index (χ1) is 9.00. The van der Waals surface area contributed by atoms with Gasteiger partial charge in [-0.25, -0.2) is 0 Å². The Kier molecular flexibility index (Phi) is 7.42. The SMILES string of the molecule is CC(C)OCCCCNC(=O)c1ccc(Br)c(Cl)c1. The Morgan fingerprint density at radius 3 is 2.79 bits per heavy atom. The van der Waals surface area contributed by atoms with Gasteiger partial charge < -0.3 is 10.1 Å². The molecular weight excluding hydrogens is 330 g/mol. The molecule has 0 aliphatic heterocycles. The van der Waals surface area contributed by atoms with Crippen molar-refractivity contribution in [3.63, 3.8) is 0 Å². The Morgan fingerprint density at radius 2 is 2.16 bits per heavy atom. The van der Waals surface area contributed by atoms with Crippen molar-refractivity contribution in [2.75, 3.05) is 13.2 Å². The molecule has 1 aromatic rings. The van der Waals surface area contributed by atoms with Crippen molar-refractivity contribution < 1.29 is 9.53 Å². The molecule has 0 aliphatic rings. The van der Waals surface area contributed by atoms with Crippen LogP contribution in [0.2, 0.25) is 5.02 Å². The topological polar surface area (TPSA) is 38.3 Å². The van der Waals surface area contributed by atoms with Crippen LogP contribution in [-0.2, 0) is 4.74 Å². The number of nitrogens with one attached hydrogen (secondary N) is 1. The lowest BCUT2D eigenvalue weighted by Crippen LogP contribution is -2.24. The minimum atomic E-state index is -0.0980. The molecular formula is C14H19BrClNO2. The highest BCUT2D eigenvalue weighted by atomic mass is 79.9. The molecule has 1 rings (SSSR count). The minimum absolute atomic E-state index is 0.0980. The highest BCUT2D eigenvalue weighted by molar-refractivity contribution is 9.10. The quantitative estimate of drug-likeness (QED) is 0.755. The molecule has 1 amide bonds. The second-order valence-electron chi connectivity index (χ2n) is 4.51. The van der Waals surface area contributed by atoms with E-state index < -0.39 is 0 Å². The number of benzene rings is 1. The number of unbranched alkanes of at least 4 members (excludes halogenated alkanes) is 1. The third-order valence-corrected chi connectivity index (χ3v) is 3.72. The van der Waals surface area contributed by atoms with E-state index in [0.29, 0.717) is 17.1 Å². The van der Waals surface area contributed by atoms with Gasteiger partial charge in [-0.2, -0.15) is 0 Å². The number of amides is 1. The first-order valence-corrected chi connectivity index (χ1v) is 7.52. The van der Waals surface area contributed by atoms with Gasteiger partial charge in [-0.05, 0) is 60.8 Å². The van der Waals surface area contributed by atoms with Gasteiger partial charge in [0.25, 0.3) is 5.91 Å². The van der Waals surface area contributed by atoms with Gasteiger partial charge in [0.05, 0.1) is 11.1 Å². The van der Waals surface area contributed by atoms with Gasteiger partial charge in [0.15, 0.2) is 0 Å². The second-order valence-corrected chi connectivity index (χ2v) is 5.77. The molecule has 0 atom stereocenters. The Labute approximate surface area is 127 Å². The summed E-state index contributed by atoms with van der Waals surface area (Å²) in [6.45, 7) is 5.41. The maximum atomic E-state index is 11.8. The molecule has 0 fully saturated rings. The molecule has 3 nitrogen and oxygen atoms in total. The summed E-state index contributed by atoms with van der Waals surface area (Å²) < 4.78 is 6.22. The van der Waals surface area contributed by atoms with Crippen molar-refractivity contribution in [3.05, 3.63) is 33.3 Å². The Morgan fingerprint density at radius 1 is 1.42 bits per heavy atom. The van der Waals surface area contributed by atoms with Gasteiger partial charge in [-0.1, -0.05) is 11.6 Å². The van der Waals surface area contributed by atoms with Gasteiger partial charge in [-0.3, -0.25) is 4.79 Å². The lowest BCUT2D eigenvalue weighted by Gasteiger charge is -2.08. The zero-order valence-corrected chi connectivity index (χ0v) is 13.6. The molecule has 0 spiro atoms. The van der Waals surface area contributed by atoms with Crippen LogP contribution >= 0.6 is 27.5 Å². The minimum Gasteiger partial charge on any atom is -0.379 e. The van der Waals surface area contributed by atoms with E-state index in [0.717, 1.165) is 23.9 Å². The molecule has 1 aromatic carbocycles. The fourth-order valence-electron chi connectivity index (χ4n) is 1.49. The van der Waals surface area contributed by atoms with Crippen molar-refractivity contribution in [1.82, 2.24) is 5.32 Å². The smallest absolute Gasteiger partial charge is 0.251 e. The van der Waals surface area contributed by atoms with Gasteiger partial charge >= 0.3 is 0 Å². The summed E-state index contributed by atoms with van der Waals surface area (Å²) in [4.78, 5) is 11.8. The van der Waals surface area contributed by atoms with Crippen LogP contribution in [0.5, 0.6) is 0 Å².